The third-order valence-electron chi connectivity index (χ3n) is 4.59. The van der Waals surface area contributed by atoms with Gasteiger partial charge in [0.05, 0.1) is 0 Å². The molecule has 0 radical (unpaired) electrons. The summed E-state index contributed by atoms with van der Waals surface area (Å²) < 4.78 is 6.18. The Labute approximate surface area is 156 Å². The number of hydrogen-bond donors (Lipinski definition) is 0. The van der Waals surface area contributed by atoms with Crippen LogP contribution in [0.1, 0.15) is 48.9 Å². The van der Waals surface area contributed by atoms with Gasteiger partial charge in [0.1, 0.15) is 16.4 Å². The highest BCUT2D eigenvalue weighted by molar-refractivity contribution is 6.29. The Morgan fingerprint density at radius 3 is 2.00 bits per heavy atom. The Morgan fingerprint density at radius 1 is 0.960 bits per heavy atom. The molecule has 1 heterocycles. The van der Waals surface area contributed by atoms with Crippen molar-refractivity contribution >= 4 is 11.6 Å². The van der Waals surface area contributed by atoms with Gasteiger partial charge in [0.15, 0.2) is 0 Å². The van der Waals surface area contributed by atoms with E-state index < -0.39 is 4.87 Å². The smallest absolute Gasteiger partial charge is 0.133 e. The molecular weight excluding hydrogens is 328 g/mol. The van der Waals surface area contributed by atoms with E-state index in [9.17, 15) is 0 Å². The van der Waals surface area contributed by atoms with Crippen LogP contribution in [0.4, 0.5) is 0 Å². The molecule has 0 saturated carbocycles. The Bertz CT molecular complexity index is 794. The summed E-state index contributed by atoms with van der Waals surface area (Å²) in [6, 6.07) is 12.5. The first-order valence-electron chi connectivity index (χ1n) is 8.96. The molecule has 2 aromatic rings. The van der Waals surface area contributed by atoms with Crippen molar-refractivity contribution in [1.29, 1.82) is 0 Å². The molecule has 0 spiro atoms. The van der Waals surface area contributed by atoms with Crippen molar-refractivity contribution in [2.75, 3.05) is 0 Å². The molecule has 0 unspecified atom stereocenters. The first-order valence-corrected chi connectivity index (χ1v) is 9.34. The van der Waals surface area contributed by atoms with Crippen LogP contribution in [-0.4, -0.2) is 0 Å². The Morgan fingerprint density at radius 2 is 1.52 bits per heavy atom. The Hall–Kier alpha value is -1.99. The van der Waals surface area contributed by atoms with E-state index in [1.807, 2.05) is 12.1 Å². The van der Waals surface area contributed by atoms with Gasteiger partial charge in [-0.15, -0.1) is 11.6 Å². The van der Waals surface area contributed by atoms with Crippen molar-refractivity contribution in [3.8, 4) is 11.5 Å². The number of ether oxygens (including phenoxy) is 1. The maximum atomic E-state index is 7.46. The highest BCUT2D eigenvalue weighted by Gasteiger charge is 2.43. The van der Waals surface area contributed by atoms with Crippen LogP contribution in [0.2, 0.25) is 0 Å². The third-order valence-corrected chi connectivity index (χ3v) is 5.21. The minimum Gasteiger partial charge on any atom is -0.457 e. The number of fused-ring (bicyclic) bond motifs is 2. The predicted molar refractivity (Wildman–Crippen MR) is 107 cm³/mol. The highest BCUT2D eigenvalue weighted by atomic mass is 35.5. The van der Waals surface area contributed by atoms with Crippen molar-refractivity contribution in [3.63, 3.8) is 0 Å². The second kappa shape index (κ2) is 7.09. The van der Waals surface area contributed by atoms with E-state index in [0.717, 1.165) is 41.0 Å². The van der Waals surface area contributed by atoms with Crippen LogP contribution in [0, 0.1) is 13.8 Å². The van der Waals surface area contributed by atoms with Crippen LogP contribution >= 0.6 is 11.6 Å². The number of allylic oxidation sites excluding steroid dienone is 4. The fourth-order valence-electron chi connectivity index (χ4n) is 3.37. The van der Waals surface area contributed by atoms with Crippen molar-refractivity contribution in [2.45, 2.75) is 45.4 Å². The van der Waals surface area contributed by atoms with Gasteiger partial charge in [0.2, 0.25) is 0 Å². The zero-order valence-corrected chi connectivity index (χ0v) is 16.2. The minimum atomic E-state index is -0.733. The molecule has 0 bridgehead atoms. The molecule has 25 heavy (non-hydrogen) atoms. The van der Waals surface area contributed by atoms with Crippen LogP contribution in [0.3, 0.4) is 0 Å². The molecule has 0 aromatic heterocycles. The lowest BCUT2D eigenvalue weighted by atomic mass is 9.79. The topological polar surface area (TPSA) is 9.23 Å². The molecule has 0 amide bonds. The molecular formula is C23H25ClO. The minimum absolute atomic E-state index is 0.733. The van der Waals surface area contributed by atoms with Gasteiger partial charge in [-0.1, -0.05) is 55.3 Å². The van der Waals surface area contributed by atoms with Gasteiger partial charge in [-0.2, -0.15) is 0 Å². The van der Waals surface area contributed by atoms with Gasteiger partial charge in [-0.25, -0.2) is 0 Å². The van der Waals surface area contributed by atoms with Crippen molar-refractivity contribution in [1.82, 2.24) is 0 Å². The average Bonchev–Trinajstić information content (AvgIpc) is 2.60. The first-order chi connectivity index (χ1) is 12.0. The lowest BCUT2D eigenvalue weighted by Gasteiger charge is -2.37. The van der Waals surface area contributed by atoms with E-state index in [-0.39, 0.29) is 0 Å². The average molecular weight is 353 g/mol. The van der Waals surface area contributed by atoms with Crippen LogP contribution in [0.25, 0.3) is 0 Å². The first kappa shape index (κ1) is 17.8. The summed E-state index contributed by atoms with van der Waals surface area (Å²) in [5, 5.41) is 0. The van der Waals surface area contributed by atoms with Crippen molar-refractivity contribution < 1.29 is 4.74 Å². The van der Waals surface area contributed by atoms with Crippen molar-refractivity contribution in [3.05, 3.63) is 82.5 Å². The molecule has 0 fully saturated rings. The van der Waals surface area contributed by atoms with Gasteiger partial charge in [-0.05, 0) is 56.5 Å². The van der Waals surface area contributed by atoms with E-state index in [4.69, 9.17) is 16.3 Å². The maximum Gasteiger partial charge on any atom is 0.133 e. The number of hydrogen-bond acceptors (Lipinski definition) is 1. The summed E-state index contributed by atoms with van der Waals surface area (Å²) in [7, 11) is 0. The number of rotatable bonds is 4. The molecule has 1 aliphatic rings. The number of halogens is 1. The SMILES string of the molecule is CC/C=C\C(=C/CC)C1(Cl)c2cc(C)ccc2Oc2ccc(C)cc21. The van der Waals surface area contributed by atoms with E-state index in [1.165, 1.54) is 11.1 Å². The molecule has 0 atom stereocenters. The van der Waals surface area contributed by atoms with Gasteiger partial charge in [0, 0.05) is 11.1 Å². The monoisotopic (exact) mass is 352 g/mol. The van der Waals surface area contributed by atoms with Crippen LogP contribution in [0.15, 0.2) is 60.2 Å². The number of benzene rings is 2. The molecule has 2 heteroatoms. The van der Waals surface area contributed by atoms with Crippen LogP contribution < -0.4 is 4.74 Å². The van der Waals surface area contributed by atoms with Gasteiger partial charge < -0.3 is 4.74 Å². The van der Waals surface area contributed by atoms with E-state index in [0.29, 0.717) is 0 Å². The molecule has 2 aromatic carbocycles. The Kier molecular flexibility index (Phi) is 5.06. The van der Waals surface area contributed by atoms with Gasteiger partial charge >= 0.3 is 0 Å². The summed E-state index contributed by atoms with van der Waals surface area (Å²) in [6.07, 6.45) is 8.47. The largest absolute Gasteiger partial charge is 0.457 e. The van der Waals surface area contributed by atoms with Crippen LogP contribution in [0.5, 0.6) is 11.5 Å². The number of alkyl halides is 1. The normalized spacial score (nSPS) is 15.6. The molecule has 1 aliphatic heterocycles. The standard InChI is InChI=1S/C23H25ClO/c1-5-7-9-18(8-6-2)23(24)19-14-16(3)10-12-21(19)25-22-13-11-17(4)15-20(22)23/h7-15H,5-6H2,1-4H3/b9-7-,18-8+. The lowest BCUT2D eigenvalue weighted by Crippen LogP contribution is -2.27. The second-order valence-electron chi connectivity index (χ2n) is 6.64. The molecule has 130 valence electrons. The maximum absolute atomic E-state index is 7.46. The van der Waals surface area contributed by atoms with E-state index in [1.54, 1.807) is 0 Å². The quantitative estimate of drug-likeness (QED) is 0.417. The molecule has 1 nitrogen and oxygen atoms in total. The fraction of sp³-hybridized carbons (Fsp3) is 0.304. The van der Waals surface area contributed by atoms with Gasteiger partial charge in [0.25, 0.3) is 0 Å². The summed E-state index contributed by atoms with van der Waals surface area (Å²) in [5.74, 6) is 1.67. The summed E-state index contributed by atoms with van der Waals surface area (Å²) in [5.41, 5.74) is 5.51. The summed E-state index contributed by atoms with van der Waals surface area (Å²) in [4.78, 5) is -0.733. The third kappa shape index (κ3) is 3.14. The number of aryl methyl sites for hydroxylation is 2. The highest BCUT2D eigenvalue weighted by Crippen LogP contribution is 2.55. The van der Waals surface area contributed by atoms with E-state index >= 15 is 0 Å². The lowest BCUT2D eigenvalue weighted by molar-refractivity contribution is 0.445. The summed E-state index contributed by atoms with van der Waals surface area (Å²) in [6.45, 7) is 8.47. The van der Waals surface area contributed by atoms with Crippen LogP contribution in [-0.2, 0) is 4.87 Å². The molecule has 3 rings (SSSR count). The zero-order chi connectivity index (χ0) is 18.0. The fourth-order valence-corrected chi connectivity index (χ4v) is 3.80. The summed E-state index contributed by atoms with van der Waals surface area (Å²) >= 11 is 7.46. The molecule has 0 saturated heterocycles. The molecule has 0 aliphatic carbocycles. The Balaban J connectivity index is 2.33. The second-order valence-corrected chi connectivity index (χ2v) is 7.21. The van der Waals surface area contributed by atoms with Gasteiger partial charge in [-0.3, -0.25) is 0 Å². The van der Waals surface area contributed by atoms with Crippen molar-refractivity contribution in [2.24, 2.45) is 0 Å². The zero-order valence-electron chi connectivity index (χ0n) is 15.4. The predicted octanol–water partition coefficient (Wildman–Crippen LogP) is 7.19. The molecule has 0 N–H and O–H groups in total. The van der Waals surface area contributed by atoms with E-state index in [2.05, 4.69) is 70.2 Å².